The first-order chi connectivity index (χ1) is 13.6. The fraction of sp³-hybridized carbons (Fsp3) is 0.500. The molecule has 3 rings (SSSR count). The summed E-state index contributed by atoms with van der Waals surface area (Å²) >= 11 is 6.19. The first-order valence-electron chi connectivity index (χ1n) is 9.88. The van der Waals surface area contributed by atoms with Gasteiger partial charge in [-0.25, -0.2) is 9.78 Å². The zero-order valence-electron chi connectivity index (χ0n) is 17.7. The van der Waals surface area contributed by atoms with Crippen molar-refractivity contribution in [3.05, 3.63) is 40.7 Å². The predicted molar refractivity (Wildman–Crippen MR) is 113 cm³/mol. The van der Waals surface area contributed by atoms with E-state index in [0.29, 0.717) is 19.0 Å². The van der Waals surface area contributed by atoms with Gasteiger partial charge in [-0.15, -0.1) is 0 Å². The van der Waals surface area contributed by atoms with Crippen molar-refractivity contribution in [1.82, 2.24) is 14.9 Å². The van der Waals surface area contributed by atoms with Crippen LogP contribution in [0.25, 0.3) is 11.3 Å². The number of carbonyl (C=O) groups is 1. The number of rotatable bonds is 3. The smallest absolute Gasteiger partial charge is 0.410 e. The largest absolute Gasteiger partial charge is 0.472 e. The van der Waals surface area contributed by atoms with E-state index in [9.17, 15) is 4.79 Å². The van der Waals surface area contributed by atoms with Crippen LogP contribution in [0.1, 0.15) is 44.7 Å². The number of aryl methyl sites for hydroxylation is 2. The molecular formula is C22H28ClN3O3. The van der Waals surface area contributed by atoms with E-state index >= 15 is 0 Å². The zero-order chi connectivity index (χ0) is 21.2. The molecule has 2 heterocycles. The summed E-state index contributed by atoms with van der Waals surface area (Å²) in [7, 11) is 0. The second-order valence-corrected chi connectivity index (χ2v) is 8.77. The van der Waals surface area contributed by atoms with E-state index in [0.717, 1.165) is 35.2 Å². The summed E-state index contributed by atoms with van der Waals surface area (Å²) in [6.07, 6.45) is 1.18. The topological polar surface area (TPSA) is 64.5 Å². The SMILES string of the molecule is Cc1cccc(C)c1-c1cc(OC2CCCN(C(=O)OC(C)(C)C)C2)nc(Cl)n1. The number of piperidine rings is 1. The Morgan fingerprint density at radius 2 is 1.90 bits per heavy atom. The minimum absolute atomic E-state index is 0.139. The molecular weight excluding hydrogens is 390 g/mol. The van der Waals surface area contributed by atoms with Gasteiger partial charge in [0.15, 0.2) is 0 Å². The van der Waals surface area contributed by atoms with Crippen LogP contribution in [0.2, 0.25) is 5.28 Å². The van der Waals surface area contributed by atoms with Gasteiger partial charge in [0.1, 0.15) is 11.7 Å². The Balaban J connectivity index is 1.77. The number of carbonyl (C=O) groups excluding carboxylic acids is 1. The zero-order valence-corrected chi connectivity index (χ0v) is 18.4. The van der Waals surface area contributed by atoms with Crippen LogP contribution < -0.4 is 4.74 Å². The van der Waals surface area contributed by atoms with Crippen molar-refractivity contribution in [1.29, 1.82) is 0 Å². The van der Waals surface area contributed by atoms with E-state index in [-0.39, 0.29) is 17.5 Å². The maximum absolute atomic E-state index is 12.4. The molecule has 0 saturated carbocycles. The third kappa shape index (κ3) is 5.60. The molecule has 6 nitrogen and oxygen atoms in total. The summed E-state index contributed by atoms with van der Waals surface area (Å²) in [5.41, 5.74) is 3.46. The van der Waals surface area contributed by atoms with Gasteiger partial charge >= 0.3 is 6.09 Å². The molecule has 1 aromatic carbocycles. The summed E-state index contributed by atoms with van der Waals surface area (Å²) in [4.78, 5) is 22.7. The third-order valence-electron chi connectivity index (χ3n) is 4.73. The molecule has 1 atom stereocenters. The fourth-order valence-electron chi connectivity index (χ4n) is 3.50. The Morgan fingerprint density at radius 3 is 2.55 bits per heavy atom. The Bertz CT molecular complexity index is 875. The summed E-state index contributed by atoms with van der Waals surface area (Å²) in [6.45, 7) is 10.8. The second kappa shape index (κ2) is 8.57. The molecule has 0 bridgehead atoms. The average molecular weight is 418 g/mol. The third-order valence-corrected chi connectivity index (χ3v) is 4.90. The lowest BCUT2D eigenvalue weighted by Gasteiger charge is -2.34. The number of amides is 1. The molecule has 1 aliphatic rings. The summed E-state index contributed by atoms with van der Waals surface area (Å²) in [5.74, 6) is 0.415. The van der Waals surface area contributed by atoms with Crippen molar-refractivity contribution in [2.24, 2.45) is 0 Å². The molecule has 0 radical (unpaired) electrons. The first kappa shape index (κ1) is 21.4. The monoisotopic (exact) mass is 417 g/mol. The van der Waals surface area contributed by atoms with E-state index in [4.69, 9.17) is 21.1 Å². The molecule has 0 spiro atoms. The van der Waals surface area contributed by atoms with Crippen LogP contribution in [-0.4, -0.2) is 45.8 Å². The van der Waals surface area contributed by atoms with Gasteiger partial charge in [-0.1, -0.05) is 18.2 Å². The summed E-state index contributed by atoms with van der Waals surface area (Å²) in [6, 6.07) is 7.91. The molecule has 1 aliphatic heterocycles. The molecule has 1 fully saturated rings. The van der Waals surface area contributed by atoms with Crippen molar-refractivity contribution >= 4 is 17.7 Å². The molecule has 0 aliphatic carbocycles. The van der Waals surface area contributed by atoms with E-state index in [2.05, 4.69) is 9.97 Å². The molecule has 1 amide bonds. The lowest BCUT2D eigenvalue weighted by atomic mass is 10.00. The van der Waals surface area contributed by atoms with Crippen molar-refractivity contribution < 1.29 is 14.3 Å². The van der Waals surface area contributed by atoms with Crippen LogP contribution in [0, 0.1) is 13.8 Å². The molecule has 1 aromatic heterocycles. The molecule has 156 valence electrons. The quantitative estimate of drug-likeness (QED) is 0.643. The van der Waals surface area contributed by atoms with Crippen LogP contribution in [0.15, 0.2) is 24.3 Å². The standard InChI is InChI=1S/C22H28ClN3O3/c1-14-8-6-9-15(2)19(14)17-12-18(25-20(23)24-17)28-16-10-7-11-26(13-16)21(27)29-22(3,4)5/h6,8-9,12,16H,7,10-11,13H2,1-5H3. The van der Waals surface area contributed by atoms with Crippen molar-refractivity contribution in [2.45, 2.75) is 59.2 Å². The number of hydrogen-bond acceptors (Lipinski definition) is 5. The highest BCUT2D eigenvalue weighted by Gasteiger charge is 2.29. The van der Waals surface area contributed by atoms with Gasteiger partial charge in [0, 0.05) is 18.2 Å². The molecule has 1 unspecified atom stereocenters. The molecule has 2 aromatic rings. The second-order valence-electron chi connectivity index (χ2n) is 8.44. The average Bonchev–Trinajstić information content (AvgIpc) is 2.60. The van der Waals surface area contributed by atoms with Crippen molar-refractivity contribution in [3.8, 4) is 17.1 Å². The number of halogens is 1. The lowest BCUT2D eigenvalue weighted by molar-refractivity contribution is 0.00721. The minimum Gasteiger partial charge on any atom is -0.472 e. The van der Waals surface area contributed by atoms with E-state index in [1.807, 2.05) is 58.9 Å². The van der Waals surface area contributed by atoms with Crippen LogP contribution in [0.5, 0.6) is 5.88 Å². The Hall–Kier alpha value is -2.34. The van der Waals surface area contributed by atoms with Crippen LogP contribution in [0.3, 0.4) is 0 Å². The van der Waals surface area contributed by atoms with Gasteiger partial charge in [0.2, 0.25) is 11.2 Å². The predicted octanol–water partition coefficient (Wildman–Crippen LogP) is 5.19. The van der Waals surface area contributed by atoms with E-state index < -0.39 is 5.60 Å². The van der Waals surface area contributed by atoms with Crippen LogP contribution in [-0.2, 0) is 4.74 Å². The molecule has 7 heteroatoms. The van der Waals surface area contributed by atoms with Crippen LogP contribution >= 0.6 is 11.6 Å². The molecule has 0 N–H and O–H groups in total. The van der Waals surface area contributed by atoms with E-state index in [1.165, 1.54) is 0 Å². The number of benzene rings is 1. The summed E-state index contributed by atoms with van der Waals surface area (Å²) < 4.78 is 11.6. The van der Waals surface area contributed by atoms with Crippen molar-refractivity contribution in [2.75, 3.05) is 13.1 Å². The Kier molecular flexibility index (Phi) is 6.32. The number of nitrogens with zero attached hydrogens (tertiary/aromatic N) is 3. The lowest BCUT2D eigenvalue weighted by Crippen LogP contribution is -2.46. The molecule has 1 saturated heterocycles. The number of aromatic nitrogens is 2. The van der Waals surface area contributed by atoms with Gasteiger partial charge in [0.25, 0.3) is 0 Å². The number of hydrogen-bond donors (Lipinski definition) is 0. The fourth-order valence-corrected chi connectivity index (χ4v) is 3.68. The highest BCUT2D eigenvalue weighted by atomic mass is 35.5. The van der Waals surface area contributed by atoms with Gasteiger partial charge in [-0.3, -0.25) is 0 Å². The minimum atomic E-state index is -0.522. The van der Waals surface area contributed by atoms with Gasteiger partial charge in [0.05, 0.1) is 12.2 Å². The Labute approximate surface area is 177 Å². The maximum Gasteiger partial charge on any atom is 0.410 e. The van der Waals surface area contributed by atoms with Crippen molar-refractivity contribution in [3.63, 3.8) is 0 Å². The van der Waals surface area contributed by atoms with Gasteiger partial charge < -0.3 is 14.4 Å². The normalized spacial score (nSPS) is 17.2. The first-order valence-corrected chi connectivity index (χ1v) is 10.3. The highest BCUT2D eigenvalue weighted by molar-refractivity contribution is 6.28. The molecule has 29 heavy (non-hydrogen) atoms. The highest BCUT2D eigenvalue weighted by Crippen LogP contribution is 2.29. The summed E-state index contributed by atoms with van der Waals surface area (Å²) in [5, 5.41) is 0.139. The van der Waals surface area contributed by atoms with Gasteiger partial charge in [-0.2, -0.15) is 4.98 Å². The van der Waals surface area contributed by atoms with Crippen LogP contribution in [0.4, 0.5) is 4.79 Å². The number of ether oxygens (including phenoxy) is 2. The maximum atomic E-state index is 12.4. The number of likely N-dealkylation sites (tertiary alicyclic amines) is 1. The van der Waals surface area contributed by atoms with Gasteiger partial charge in [-0.05, 0) is 70.2 Å². The Morgan fingerprint density at radius 1 is 1.21 bits per heavy atom. The van der Waals surface area contributed by atoms with E-state index in [1.54, 1.807) is 4.90 Å².